The number of aromatic nitrogens is 1. The van der Waals surface area contributed by atoms with Crippen LogP contribution in [0.1, 0.15) is 18.1 Å². The first-order valence-electron chi connectivity index (χ1n) is 10.4. The molecule has 1 aromatic heterocycles. The maximum Gasteiger partial charge on any atom is 0.243 e. The molecule has 4 rings (SSSR count). The van der Waals surface area contributed by atoms with Crippen LogP contribution >= 0.6 is 0 Å². The van der Waals surface area contributed by atoms with Crippen molar-refractivity contribution in [2.75, 3.05) is 44.7 Å². The van der Waals surface area contributed by atoms with E-state index in [1.165, 1.54) is 0 Å². The molecule has 1 fully saturated rings. The Labute approximate surface area is 183 Å². The van der Waals surface area contributed by atoms with Crippen molar-refractivity contribution in [2.45, 2.75) is 18.2 Å². The van der Waals surface area contributed by atoms with Crippen LogP contribution in [-0.4, -0.2) is 68.2 Å². The van der Waals surface area contributed by atoms with E-state index in [0.29, 0.717) is 36.8 Å². The average molecular weight is 441 g/mol. The lowest BCUT2D eigenvalue weighted by Gasteiger charge is -2.32. The van der Waals surface area contributed by atoms with E-state index in [0.717, 1.165) is 35.6 Å². The molecule has 31 heavy (non-hydrogen) atoms. The maximum absolute atomic E-state index is 13.3. The predicted molar refractivity (Wildman–Crippen MR) is 123 cm³/mol. The van der Waals surface area contributed by atoms with Gasteiger partial charge in [0, 0.05) is 37.9 Å². The molecule has 2 aliphatic heterocycles. The van der Waals surface area contributed by atoms with Crippen molar-refractivity contribution in [1.29, 1.82) is 0 Å². The molecule has 2 aliphatic rings. The van der Waals surface area contributed by atoms with Crippen LogP contribution in [0.3, 0.4) is 0 Å². The first-order valence-corrected chi connectivity index (χ1v) is 11.9. The number of amidine groups is 1. The van der Waals surface area contributed by atoms with E-state index in [1.807, 2.05) is 43.1 Å². The number of likely N-dealkylation sites (N-methyl/N-ethyl adjacent to an activating group) is 1. The molecular weight excluding hydrogens is 412 g/mol. The molecule has 2 N–H and O–H groups in total. The second-order valence-corrected chi connectivity index (χ2v) is 9.72. The van der Waals surface area contributed by atoms with Crippen LogP contribution in [0.4, 0.5) is 5.69 Å². The summed E-state index contributed by atoms with van der Waals surface area (Å²) in [5.74, 6) is 0.512. The standard InChI is InChI=1S/C22H28N6O2S/c1-3-17-13-18(6-7-21(17)31(29,30)27-11-9-26(2)10-12-27)20-15-25-22(23)16-28(20)19-5-4-8-24-14-19/h4-8,13-15H,3,9-12,16H2,1-2H3,(H2,23,25). The van der Waals surface area contributed by atoms with E-state index in [-0.39, 0.29) is 0 Å². The van der Waals surface area contributed by atoms with E-state index in [2.05, 4.69) is 14.9 Å². The summed E-state index contributed by atoms with van der Waals surface area (Å²) in [5, 5.41) is 0. The zero-order chi connectivity index (χ0) is 22.0. The normalized spacial score (nSPS) is 18.6. The van der Waals surface area contributed by atoms with Gasteiger partial charge in [-0.05, 0) is 43.3 Å². The summed E-state index contributed by atoms with van der Waals surface area (Å²) in [6.07, 6.45) is 5.85. The van der Waals surface area contributed by atoms with Gasteiger partial charge in [-0.2, -0.15) is 4.31 Å². The highest BCUT2D eigenvalue weighted by molar-refractivity contribution is 7.89. The Balaban J connectivity index is 1.70. The first kappa shape index (κ1) is 21.5. The second-order valence-electron chi connectivity index (χ2n) is 7.82. The largest absolute Gasteiger partial charge is 0.386 e. The number of pyridine rings is 1. The van der Waals surface area contributed by atoms with Crippen molar-refractivity contribution < 1.29 is 8.42 Å². The maximum atomic E-state index is 13.3. The molecule has 0 saturated carbocycles. The topological polar surface area (TPSA) is 95.1 Å². The fraction of sp³-hybridized carbons (Fsp3) is 0.364. The molecule has 164 valence electrons. The van der Waals surface area contributed by atoms with Gasteiger partial charge in [-0.25, -0.2) is 13.4 Å². The quantitative estimate of drug-likeness (QED) is 0.761. The molecule has 1 aromatic carbocycles. The number of aliphatic imine (C=N–C) groups is 1. The Morgan fingerprint density at radius 3 is 2.58 bits per heavy atom. The number of hydrogen-bond donors (Lipinski definition) is 1. The minimum atomic E-state index is -3.53. The van der Waals surface area contributed by atoms with Gasteiger partial charge in [0.2, 0.25) is 10.0 Å². The lowest BCUT2D eigenvalue weighted by atomic mass is 10.0. The summed E-state index contributed by atoms with van der Waals surface area (Å²) < 4.78 is 28.2. The molecule has 0 radical (unpaired) electrons. The van der Waals surface area contributed by atoms with Crippen LogP contribution in [0.5, 0.6) is 0 Å². The monoisotopic (exact) mass is 440 g/mol. The molecule has 2 aromatic rings. The van der Waals surface area contributed by atoms with Gasteiger partial charge in [0.25, 0.3) is 0 Å². The fourth-order valence-corrected chi connectivity index (χ4v) is 5.61. The van der Waals surface area contributed by atoms with E-state index in [1.54, 1.807) is 29.0 Å². The highest BCUT2D eigenvalue weighted by Gasteiger charge is 2.30. The van der Waals surface area contributed by atoms with Crippen molar-refractivity contribution in [1.82, 2.24) is 14.2 Å². The van der Waals surface area contributed by atoms with E-state index in [4.69, 9.17) is 5.73 Å². The Morgan fingerprint density at radius 1 is 1.13 bits per heavy atom. The van der Waals surface area contributed by atoms with Crippen molar-refractivity contribution in [3.63, 3.8) is 0 Å². The first-order chi connectivity index (χ1) is 14.9. The summed E-state index contributed by atoms with van der Waals surface area (Å²) >= 11 is 0. The van der Waals surface area contributed by atoms with E-state index >= 15 is 0 Å². The number of rotatable bonds is 5. The number of sulfonamides is 1. The summed E-state index contributed by atoms with van der Waals surface area (Å²) in [4.78, 5) is 13.1. The molecule has 0 bridgehead atoms. The zero-order valence-corrected chi connectivity index (χ0v) is 18.7. The summed E-state index contributed by atoms with van der Waals surface area (Å²) in [7, 11) is -1.52. The number of nitrogens with zero attached hydrogens (tertiary/aromatic N) is 5. The van der Waals surface area contributed by atoms with Crippen LogP contribution < -0.4 is 10.6 Å². The Hall–Kier alpha value is -2.75. The van der Waals surface area contributed by atoms with Gasteiger partial charge in [-0.3, -0.25) is 4.98 Å². The van der Waals surface area contributed by atoms with Gasteiger partial charge < -0.3 is 15.5 Å². The van der Waals surface area contributed by atoms with Gasteiger partial charge in [-0.1, -0.05) is 13.0 Å². The predicted octanol–water partition coefficient (Wildman–Crippen LogP) is 1.76. The molecule has 8 nitrogen and oxygen atoms in total. The summed E-state index contributed by atoms with van der Waals surface area (Å²) in [5.41, 5.74) is 9.45. The summed E-state index contributed by atoms with van der Waals surface area (Å²) in [6.45, 7) is 4.93. The van der Waals surface area contributed by atoms with Gasteiger partial charge >= 0.3 is 0 Å². The van der Waals surface area contributed by atoms with E-state index < -0.39 is 10.0 Å². The zero-order valence-electron chi connectivity index (χ0n) is 17.9. The van der Waals surface area contributed by atoms with Crippen molar-refractivity contribution >= 4 is 27.2 Å². The summed E-state index contributed by atoms with van der Waals surface area (Å²) in [6, 6.07) is 9.37. The third kappa shape index (κ3) is 4.34. The minimum Gasteiger partial charge on any atom is -0.386 e. The average Bonchev–Trinajstić information content (AvgIpc) is 2.79. The molecule has 0 aliphatic carbocycles. The highest BCUT2D eigenvalue weighted by Crippen LogP contribution is 2.31. The van der Waals surface area contributed by atoms with Crippen molar-refractivity contribution in [3.8, 4) is 0 Å². The van der Waals surface area contributed by atoms with Gasteiger partial charge in [-0.15, -0.1) is 0 Å². The molecule has 9 heteroatoms. The molecule has 0 atom stereocenters. The molecule has 3 heterocycles. The number of benzene rings is 1. The number of nitrogens with two attached hydrogens (primary N) is 1. The van der Waals surface area contributed by atoms with Crippen LogP contribution in [0.2, 0.25) is 0 Å². The third-order valence-corrected chi connectivity index (χ3v) is 7.74. The Morgan fingerprint density at radius 2 is 1.90 bits per heavy atom. The smallest absolute Gasteiger partial charge is 0.243 e. The van der Waals surface area contributed by atoms with E-state index in [9.17, 15) is 8.42 Å². The lowest BCUT2D eigenvalue weighted by Crippen LogP contribution is -2.47. The second kappa shape index (κ2) is 8.78. The van der Waals surface area contributed by atoms with Crippen LogP contribution in [0, 0.1) is 0 Å². The molecule has 0 amide bonds. The Bertz CT molecular complexity index is 1110. The molecular formula is C22H28N6O2S. The Kier molecular flexibility index (Phi) is 6.08. The van der Waals surface area contributed by atoms with Crippen LogP contribution in [-0.2, 0) is 16.4 Å². The van der Waals surface area contributed by atoms with Crippen LogP contribution in [0.15, 0.2) is 58.8 Å². The third-order valence-electron chi connectivity index (χ3n) is 5.74. The minimum absolute atomic E-state index is 0.385. The van der Waals surface area contributed by atoms with Crippen molar-refractivity contribution in [3.05, 3.63) is 60.1 Å². The number of anilines is 1. The molecule has 0 spiro atoms. The number of piperazine rings is 1. The van der Waals surface area contributed by atoms with Gasteiger partial charge in [0.05, 0.1) is 35.2 Å². The van der Waals surface area contributed by atoms with Crippen LogP contribution in [0.25, 0.3) is 5.70 Å². The fourth-order valence-electron chi connectivity index (χ4n) is 3.91. The number of aryl methyl sites for hydroxylation is 1. The van der Waals surface area contributed by atoms with Gasteiger partial charge in [0.15, 0.2) is 0 Å². The number of hydrogen-bond acceptors (Lipinski definition) is 7. The van der Waals surface area contributed by atoms with Crippen molar-refractivity contribution in [2.24, 2.45) is 10.7 Å². The highest BCUT2D eigenvalue weighted by atomic mass is 32.2. The SMILES string of the molecule is CCc1cc(C2=CN=C(N)CN2c2cccnc2)ccc1S(=O)(=O)N1CCN(C)CC1. The molecule has 0 unspecified atom stereocenters. The molecule has 1 saturated heterocycles. The van der Waals surface area contributed by atoms with Gasteiger partial charge in [0.1, 0.15) is 5.84 Å². The lowest BCUT2D eigenvalue weighted by molar-refractivity contribution is 0.222.